The number of carbonyl (C=O) groups is 1. The van der Waals surface area contributed by atoms with Gasteiger partial charge in [-0.1, -0.05) is 59.6 Å². The van der Waals surface area contributed by atoms with Gasteiger partial charge in [0.1, 0.15) is 12.4 Å². The van der Waals surface area contributed by atoms with E-state index in [2.05, 4.69) is 4.98 Å². The van der Waals surface area contributed by atoms with Crippen LogP contribution in [0.3, 0.4) is 0 Å². The van der Waals surface area contributed by atoms with Gasteiger partial charge in [-0.15, -0.1) is 0 Å². The van der Waals surface area contributed by atoms with Gasteiger partial charge in [0.15, 0.2) is 0 Å². The zero-order valence-electron chi connectivity index (χ0n) is 20.8. The van der Waals surface area contributed by atoms with Crippen molar-refractivity contribution in [1.82, 2.24) is 14.5 Å². The highest BCUT2D eigenvalue weighted by Gasteiger charge is 2.34. The summed E-state index contributed by atoms with van der Waals surface area (Å²) >= 11 is 0. The summed E-state index contributed by atoms with van der Waals surface area (Å²) < 4.78 is 27.3. The molecule has 0 saturated heterocycles. The number of sulfonamides is 1. The number of rotatable bonds is 7. The van der Waals surface area contributed by atoms with Crippen LogP contribution in [0.25, 0.3) is 10.8 Å². The lowest BCUT2D eigenvalue weighted by atomic mass is 9.89. The smallest absolute Gasteiger partial charge is 0.390 e. The van der Waals surface area contributed by atoms with Crippen LogP contribution in [-0.4, -0.2) is 40.2 Å². The monoisotopic (exact) mass is 533 g/mol. The Bertz CT molecular complexity index is 1660. The minimum absolute atomic E-state index is 0.0883. The summed E-state index contributed by atoms with van der Waals surface area (Å²) in [6.45, 7) is 2.83. The molecule has 1 unspecified atom stereocenters. The summed E-state index contributed by atoms with van der Waals surface area (Å²) in [5.41, 5.74) is 3.32. The molecule has 3 aromatic carbocycles. The molecule has 0 spiro atoms. The predicted molar refractivity (Wildman–Crippen MR) is 142 cm³/mol. The zero-order chi connectivity index (χ0) is 27.0. The third-order valence-corrected chi connectivity index (χ3v) is 8.17. The van der Waals surface area contributed by atoms with E-state index in [-0.39, 0.29) is 29.7 Å². The number of aromatic nitrogens is 2. The second kappa shape index (κ2) is 9.99. The van der Waals surface area contributed by atoms with Gasteiger partial charge >= 0.3 is 5.95 Å². The molecular formula is C27H27N5O5S. The van der Waals surface area contributed by atoms with Crippen molar-refractivity contribution in [2.24, 2.45) is 5.14 Å². The SMILES string of the molecule is Cc1cc(C(CCn2ccnc2[N+](=O)[O-])C(=O)N2CCc3ccccc3C2)c(S(N)(=O)=O)c2ccccc12. The van der Waals surface area contributed by atoms with Crippen LogP contribution in [0.5, 0.6) is 0 Å². The molecule has 1 aromatic heterocycles. The number of aryl methyl sites for hydroxylation is 2. The van der Waals surface area contributed by atoms with E-state index in [0.29, 0.717) is 30.5 Å². The highest BCUT2D eigenvalue weighted by molar-refractivity contribution is 7.89. The molecule has 0 bridgehead atoms. The average molecular weight is 534 g/mol. The second-order valence-electron chi connectivity index (χ2n) is 9.50. The fraction of sp³-hybridized carbons (Fsp3) is 0.259. The molecule has 10 nitrogen and oxygen atoms in total. The van der Waals surface area contributed by atoms with E-state index in [9.17, 15) is 23.3 Å². The van der Waals surface area contributed by atoms with E-state index in [0.717, 1.165) is 16.5 Å². The number of nitrogens with two attached hydrogens (primary N) is 1. The van der Waals surface area contributed by atoms with Crippen molar-refractivity contribution < 1.29 is 18.1 Å². The van der Waals surface area contributed by atoms with Gasteiger partial charge < -0.3 is 15.0 Å². The van der Waals surface area contributed by atoms with Crippen LogP contribution in [0.15, 0.2) is 71.9 Å². The number of fused-ring (bicyclic) bond motifs is 2. The first-order chi connectivity index (χ1) is 18.1. The maximum Gasteiger partial charge on any atom is 0.434 e. The Balaban J connectivity index is 1.62. The number of imidazole rings is 1. The molecule has 38 heavy (non-hydrogen) atoms. The fourth-order valence-corrected chi connectivity index (χ4v) is 6.38. The third kappa shape index (κ3) is 4.77. The molecule has 11 heteroatoms. The lowest BCUT2D eigenvalue weighted by molar-refractivity contribution is -0.396. The molecule has 1 amide bonds. The molecule has 0 saturated carbocycles. The van der Waals surface area contributed by atoms with Gasteiger partial charge in [0, 0.05) is 18.5 Å². The topological polar surface area (TPSA) is 141 Å². The second-order valence-corrected chi connectivity index (χ2v) is 11.0. The maximum absolute atomic E-state index is 14.1. The Morgan fingerprint density at radius 1 is 1.13 bits per heavy atom. The highest BCUT2D eigenvalue weighted by Crippen LogP contribution is 2.37. The van der Waals surface area contributed by atoms with Crippen LogP contribution in [0.2, 0.25) is 0 Å². The van der Waals surface area contributed by atoms with Gasteiger partial charge in [0.05, 0.1) is 17.4 Å². The van der Waals surface area contributed by atoms with Gasteiger partial charge in [-0.3, -0.25) is 4.79 Å². The minimum Gasteiger partial charge on any atom is -0.390 e. The molecule has 0 aliphatic carbocycles. The predicted octanol–water partition coefficient (Wildman–Crippen LogP) is 3.66. The molecule has 0 radical (unpaired) electrons. The van der Waals surface area contributed by atoms with Crippen molar-refractivity contribution in [2.75, 3.05) is 6.54 Å². The summed E-state index contributed by atoms with van der Waals surface area (Å²) in [6, 6.07) is 16.7. The van der Waals surface area contributed by atoms with Gasteiger partial charge in [0.2, 0.25) is 15.9 Å². The van der Waals surface area contributed by atoms with Crippen LogP contribution in [0.4, 0.5) is 5.95 Å². The Hall–Kier alpha value is -4.09. The standard InChI is InChI=1S/C27H27N5O5S/c1-18-16-24(25(38(28,36)37)22-9-5-4-8-21(18)22)23(11-14-30-15-12-29-27(30)32(34)35)26(33)31-13-10-19-6-2-3-7-20(19)17-31/h2-9,12,15-16,23H,10-11,13-14,17H2,1H3,(H2,28,36,37). The molecule has 4 aromatic rings. The van der Waals surface area contributed by atoms with Crippen LogP contribution >= 0.6 is 0 Å². The van der Waals surface area contributed by atoms with Crippen LogP contribution in [0.1, 0.15) is 34.6 Å². The van der Waals surface area contributed by atoms with E-state index in [4.69, 9.17) is 5.14 Å². The first-order valence-corrected chi connectivity index (χ1v) is 13.8. The Labute approximate surface area is 219 Å². The lowest BCUT2D eigenvalue weighted by Crippen LogP contribution is -2.39. The van der Waals surface area contributed by atoms with Crippen molar-refractivity contribution in [3.8, 4) is 0 Å². The number of carbonyl (C=O) groups excluding carboxylic acids is 1. The molecular weight excluding hydrogens is 506 g/mol. The number of benzene rings is 3. The third-order valence-electron chi connectivity index (χ3n) is 7.15. The lowest BCUT2D eigenvalue weighted by Gasteiger charge is -2.32. The Morgan fingerprint density at radius 2 is 1.82 bits per heavy atom. The molecule has 5 rings (SSSR count). The number of hydrogen-bond acceptors (Lipinski definition) is 6. The molecule has 2 N–H and O–H groups in total. The maximum atomic E-state index is 14.1. The van der Waals surface area contributed by atoms with Gasteiger partial charge in [-0.25, -0.2) is 18.1 Å². The van der Waals surface area contributed by atoms with E-state index in [1.54, 1.807) is 23.1 Å². The average Bonchev–Trinajstić information content (AvgIpc) is 3.37. The van der Waals surface area contributed by atoms with Crippen LogP contribution < -0.4 is 5.14 Å². The first-order valence-electron chi connectivity index (χ1n) is 12.2. The van der Waals surface area contributed by atoms with Crippen molar-refractivity contribution in [3.63, 3.8) is 0 Å². The van der Waals surface area contributed by atoms with Crippen molar-refractivity contribution in [3.05, 3.63) is 99.4 Å². The number of nitro groups is 1. The van der Waals surface area contributed by atoms with Crippen molar-refractivity contribution in [2.45, 2.75) is 43.7 Å². The van der Waals surface area contributed by atoms with Crippen molar-refractivity contribution in [1.29, 1.82) is 0 Å². The molecule has 1 aliphatic rings. The number of amides is 1. The summed E-state index contributed by atoms with van der Waals surface area (Å²) in [5.74, 6) is -1.50. The largest absolute Gasteiger partial charge is 0.434 e. The van der Waals surface area contributed by atoms with E-state index < -0.39 is 20.9 Å². The van der Waals surface area contributed by atoms with E-state index in [1.165, 1.54) is 22.5 Å². The van der Waals surface area contributed by atoms with Crippen LogP contribution in [-0.2, 0) is 34.3 Å². The molecule has 1 atom stereocenters. The first kappa shape index (κ1) is 25.6. The summed E-state index contributed by atoms with van der Waals surface area (Å²) in [4.78, 5) is 30.4. The number of primary sulfonamides is 1. The van der Waals surface area contributed by atoms with Gasteiger partial charge in [0.25, 0.3) is 0 Å². The molecule has 196 valence electrons. The van der Waals surface area contributed by atoms with Gasteiger partial charge in [-0.2, -0.15) is 0 Å². The van der Waals surface area contributed by atoms with E-state index >= 15 is 0 Å². The van der Waals surface area contributed by atoms with Crippen LogP contribution in [0, 0.1) is 17.0 Å². The minimum atomic E-state index is -4.23. The number of hydrogen-bond donors (Lipinski definition) is 1. The summed E-state index contributed by atoms with van der Waals surface area (Å²) in [6.07, 6.45) is 3.60. The number of nitrogens with zero attached hydrogens (tertiary/aromatic N) is 4. The fourth-order valence-electron chi connectivity index (χ4n) is 5.37. The summed E-state index contributed by atoms with van der Waals surface area (Å²) in [5, 5.41) is 18.3. The van der Waals surface area contributed by atoms with Crippen molar-refractivity contribution >= 4 is 32.7 Å². The zero-order valence-corrected chi connectivity index (χ0v) is 21.6. The molecule has 2 heterocycles. The molecule has 1 aliphatic heterocycles. The van der Waals surface area contributed by atoms with Gasteiger partial charge in [-0.05, 0) is 52.3 Å². The summed E-state index contributed by atoms with van der Waals surface area (Å²) in [7, 11) is -4.23. The molecule has 0 fully saturated rings. The van der Waals surface area contributed by atoms with E-state index in [1.807, 2.05) is 43.3 Å². The normalized spacial score (nSPS) is 14.3. The Morgan fingerprint density at radius 3 is 2.53 bits per heavy atom. The quantitative estimate of drug-likeness (QED) is 0.284. The highest BCUT2D eigenvalue weighted by atomic mass is 32.2. The Kier molecular flexibility index (Phi) is 6.72.